The van der Waals surface area contributed by atoms with Crippen molar-refractivity contribution in [1.82, 2.24) is 19.9 Å². The summed E-state index contributed by atoms with van der Waals surface area (Å²) in [4.78, 5) is 18.3. The molecule has 0 saturated carbocycles. The Bertz CT molecular complexity index is 1910. The van der Waals surface area contributed by atoms with Crippen LogP contribution in [0, 0.1) is 109 Å². The monoisotopic (exact) mass is 1140 g/mol. The fourth-order valence-corrected chi connectivity index (χ4v) is 4.77. The van der Waals surface area contributed by atoms with Crippen LogP contribution in [0.1, 0.15) is 44.5 Å². The third-order valence-corrected chi connectivity index (χ3v) is 7.83. The number of halogens is 2. The second-order valence-electron chi connectivity index (χ2n) is 9.98. The van der Waals surface area contributed by atoms with E-state index >= 15 is 0 Å². The van der Waals surface area contributed by atoms with Crippen LogP contribution in [0.25, 0.3) is 43.6 Å². The Morgan fingerprint density at radius 3 is 0.571 bits per heavy atom. The van der Waals surface area contributed by atoms with E-state index in [2.05, 4.69) is 153 Å². The zero-order chi connectivity index (χ0) is 45.7. The topological polar surface area (TPSA) is 211 Å². The molecule has 2 aromatic carbocycles. The van der Waals surface area contributed by atoms with E-state index in [1.165, 1.54) is 102 Å². The van der Waals surface area contributed by atoms with Gasteiger partial charge in [0.2, 0.25) is 0 Å². The Hall–Kier alpha value is -4.10. The van der Waals surface area contributed by atoms with Crippen LogP contribution in [0.5, 0.6) is 0 Å². The van der Waals surface area contributed by atoms with E-state index in [0.29, 0.717) is 0 Å². The molecule has 0 bridgehead atoms. The molecule has 0 unspecified atom stereocenters. The molecule has 0 amide bonds. The summed E-state index contributed by atoms with van der Waals surface area (Å²) in [6, 6.07) is 8.67. The number of aromatic nitrogens is 4. The van der Waals surface area contributed by atoms with Gasteiger partial charge in [-0.2, -0.15) is 0 Å². The summed E-state index contributed by atoms with van der Waals surface area (Å²) in [5.41, 5.74) is 14.1. The fraction of sp³-hybridized carbons (Fsp3) is 0.200. The summed E-state index contributed by atoms with van der Waals surface area (Å²) in [5, 5.41) is 4.83. The Morgan fingerprint density at radius 1 is 0.321 bits per heavy atom. The third kappa shape index (κ3) is 17.8. The van der Waals surface area contributed by atoms with Crippen LogP contribution in [0.3, 0.4) is 0 Å². The summed E-state index contributed by atoms with van der Waals surface area (Å²) in [7, 11) is 9.39. The Kier molecular flexibility index (Phi) is 46.2. The molecule has 0 aliphatic rings. The molecule has 288 valence electrons. The predicted octanol–water partition coefficient (Wildman–Crippen LogP) is 9.11. The summed E-state index contributed by atoms with van der Waals surface area (Å²) in [6.45, 7) is 53.0. The molecule has 0 fully saturated rings. The zero-order valence-electron chi connectivity index (χ0n) is 31.2. The first-order chi connectivity index (χ1) is 27.2. The molecule has 4 heterocycles. The molecule has 0 aliphatic carbocycles. The van der Waals surface area contributed by atoms with Gasteiger partial charge in [-0.05, 0) is 99.9 Å². The minimum absolute atomic E-state index is 1.01. The van der Waals surface area contributed by atoms with E-state index in [9.17, 15) is 0 Å². The van der Waals surface area contributed by atoms with Crippen LogP contribution in [0.4, 0.5) is 0 Å². The number of hydrogen-bond acceptors (Lipinski definition) is 4. The second-order valence-corrected chi connectivity index (χ2v) is 9.98. The first kappa shape index (κ1) is 63.8. The normalized spacial score (nSPS) is 7.79. The van der Waals surface area contributed by atoms with Gasteiger partial charge in [-0.15, -0.1) is 0 Å². The second kappa shape index (κ2) is 40.6. The van der Waals surface area contributed by atoms with E-state index in [-0.39, 0.29) is 0 Å². The first-order valence-corrected chi connectivity index (χ1v) is 21.1. The fourth-order valence-electron chi connectivity index (χ4n) is 4.77. The molecule has 0 aliphatic heterocycles. The molecule has 0 radical (unpaired) electrons. The third-order valence-electron chi connectivity index (χ3n) is 7.83. The van der Waals surface area contributed by atoms with Gasteiger partial charge in [0.05, 0.1) is 22.1 Å². The van der Waals surface area contributed by atoms with E-state index in [1.807, 2.05) is 24.8 Å². The molecule has 4 aromatic heterocycles. The molecule has 0 saturated heterocycles. The minimum atomic E-state index is 1.01. The van der Waals surface area contributed by atoms with Gasteiger partial charge in [0.15, 0.2) is 0 Å². The predicted molar refractivity (Wildman–Crippen MR) is 195 cm³/mol. The number of rotatable bonds is 0. The molecule has 16 heteroatoms. The van der Waals surface area contributed by atoms with Crippen molar-refractivity contribution in [3.05, 3.63) is 147 Å². The van der Waals surface area contributed by atoms with Gasteiger partial charge in [0, 0.05) is 46.3 Å². The zero-order valence-corrected chi connectivity index (χ0v) is 38.1. The average Bonchev–Trinajstić information content (AvgIpc) is 3.30. The van der Waals surface area contributed by atoms with Crippen molar-refractivity contribution in [2.75, 3.05) is 0 Å². The van der Waals surface area contributed by atoms with Crippen molar-refractivity contribution in [2.45, 2.75) is 55.4 Å². The van der Waals surface area contributed by atoms with Crippen molar-refractivity contribution >= 4 is 62.7 Å². The summed E-state index contributed by atoms with van der Waals surface area (Å²) < 4.78 is 60.0. The van der Waals surface area contributed by atoms with Crippen molar-refractivity contribution in [3.8, 4) is 0 Å². The van der Waals surface area contributed by atoms with Crippen LogP contribution in [0.2, 0.25) is 0 Å². The molecule has 6 rings (SSSR count). The van der Waals surface area contributed by atoms with Gasteiger partial charge in [0.1, 0.15) is 0 Å². The van der Waals surface area contributed by atoms with Crippen molar-refractivity contribution < 1.29 is 73.6 Å². The van der Waals surface area contributed by atoms with Crippen LogP contribution < -0.4 is 0 Å². The Morgan fingerprint density at radius 2 is 0.446 bits per heavy atom. The van der Waals surface area contributed by atoms with E-state index in [0.717, 1.165) is 22.1 Å². The van der Waals surface area contributed by atoms with Gasteiger partial charge >= 0.3 is 146 Å². The van der Waals surface area contributed by atoms with Gasteiger partial charge in [-0.25, -0.2) is 0 Å². The molecule has 0 N–H and O–H groups in total. The quantitative estimate of drug-likeness (QED) is 0.0827. The molecular formula is C40H32Cl2N4O8Re2. The van der Waals surface area contributed by atoms with Crippen LogP contribution in [-0.4, -0.2) is 19.9 Å². The SMILES string of the molecule is Cc1cnc2c(ccc3c(C)c(C)cnc32)c1C.Cc1cnc2c(ccc3c(C)c(C)cnc32)c1C.[C-]#[O+].[C-]#[O+].[C-]#[O+].[C-]#[O+].[C-]#[O+].[C-]#[O+].[C-]#[O+].[C-]#[O+].[Cl][Re].[Cl][Re]. The average molecular weight is 1140 g/mol. The Labute approximate surface area is 356 Å². The number of hydrogen-bond donors (Lipinski definition) is 0. The molecule has 12 nitrogen and oxygen atoms in total. The van der Waals surface area contributed by atoms with Gasteiger partial charge < -0.3 is 0 Å². The molecular weight excluding hydrogens is 1110 g/mol. The van der Waals surface area contributed by atoms with Crippen molar-refractivity contribution in [2.24, 2.45) is 0 Å². The van der Waals surface area contributed by atoms with E-state index in [4.69, 9.17) is 56.3 Å². The van der Waals surface area contributed by atoms with Gasteiger partial charge in [-0.1, -0.05) is 24.3 Å². The maximum absolute atomic E-state index is 7.50. The number of nitrogens with zero attached hydrogens (tertiary/aromatic N) is 4. The van der Waals surface area contributed by atoms with Crippen molar-refractivity contribution in [3.63, 3.8) is 0 Å². The number of fused-ring (bicyclic) bond motifs is 6. The van der Waals surface area contributed by atoms with Gasteiger partial charge in [0.25, 0.3) is 0 Å². The molecule has 0 atom stereocenters. The number of pyridine rings is 4. The summed E-state index contributed by atoms with van der Waals surface area (Å²) >= 11 is 2.39. The number of aryl methyl sites for hydroxylation is 8. The Balaban J connectivity index is -0.000000155. The van der Waals surface area contributed by atoms with Crippen LogP contribution >= 0.6 is 19.1 Å². The van der Waals surface area contributed by atoms with E-state index < -0.39 is 0 Å². The van der Waals surface area contributed by atoms with Crippen molar-refractivity contribution in [1.29, 1.82) is 0 Å². The van der Waals surface area contributed by atoms with Gasteiger partial charge in [-0.3, -0.25) is 19.9 Å². The molecule has 56 heavy (non-hydrogen) atoms. The first-order valence-electron chi connectivity index (χ1n) is 14.3. The van der Waals surface area contributed by atoms with Crippen LogP contribution in [0.15, 0.2) is 49.1 Å². The standard InChI is InChI=1S/2C16H16N2.8CO.2ClH.2Re/c2*1-9-7-17-15-13(11(9)3)5-6-14-12(4)10(2)8-18-16(14)15;8*1-2;;;;/h2*5-8H,1-4H3;;;;;;;;;2*1H;;/q;;;;;;;;;;;;2*+1/p-2. The molecule has 0 spiro atoms. The number of benzene rings is 2. The van der Waals surface area contributed by atoms with Crippen LogP contribution in [-0.2, 0) is 73.6 Å². The maximum atomic E-state index is 7.50. The summed E-state index contributed by atoms with van der Waals surface area (Å²) in [6.07, 6.45) is 7.75. The molecule has 6 aromatic rings. The van der Waals surface area contributed by atoms with E-state index in [1.54, 1.807) is 0 Å². The summed E-state index contributed by atoms with van der Waals surface area (Å²) in [5.74, 6) is 0.